The van der Waals surface area contributed by atoms with Crippen LogP contribution in [0.15, 0.2) is 0 Å². The number of benzene rings is 2. The third kappa shape index (κ3) is 4.96. The first-order valence-corrected chi connectivity index (χ1v) is 12.4. The van der Waals surface area contributed by atoms with Crippen LogP contribution in [0.3, 0.4) is 0 Å². The van der Waals surface area contributed by atoms with Gasteiger partial charge in [-0.05, 0) is 5.56 Å². The van der Waals surface area contributed by atoms with Crippen molar-refractivity contribution in [1.29, 1.82) is 0 Å². The summed E-state index contributed by atoms with van der Waals surface area (Å²) >= 11 is 0. The van der Waals surface area contributed by atoms with E-state index in [1.165, 1.54) is 0 Å². The summed E-state index contributed by atoms with van der Waals surface area (Å²) in [4.78, 5) is 0. The van der Waals surface area contributed by atoms with Gasteiger partial charge in [-0.25, -0.2) is 26.3 Å². The molecule has 274 valence electrons. The molecule has 2 saturated heterocycles. The van der Waals surface area contributed by atoms with E-state index in [0.29, 0.717) is 0 Å². The Hall–Kier alpha value is -3.16. The first-order chi connectivity index (χ1) is 21.9. The molecule has 0 bridgehead atoms. The highest BCUT2D eigenvalue weighted by atomic mass is 19.4. The molecule has 0 aliphatic carbocycles. The smallest absolute Gasteiger partial charge is 0.369 e. The Morgan fingerprint density at radius 3 is 1.33 bits per heavy atom. The van der Waals surface area contributed by atoms with Crippen LogP contribution in [0.4, 0.5) is 87.8 Å². The third-order valence-electron chi connectivity index (χ3n) is 7.75. The van der Waals surface area contributed by atoms with Crippen LogP contribution >= 0.6 is 0 Å². The maximum atomic E-state index is 15.7. The fourth-order valence-electron chi connectivity index (χ4n) is 5.36. The van der Waals surface area contributed by atoms with Crippen LogP contribution in [0.1, 0.15) is 34.5 Å². The summed E-state index contributed by atoms with van der Waals surface area (Å²) in [7, 11) is 0. The van der Waals surface area contributed by atoms with Gasteiger partial charge in [0, 0.05) is 16.7 Å². The van der Waals surface area contributed by atoms with E-state index in [4.69, 9.17) is 0 Å². The molecule has 2 fully saturated rings. The van der Waals surface area contributed by atoms with Crippen LogP contribution in [0.5, 0.6) is 0 Å². The fraction of sp³-hybridized carbons (Fsp3) is 0.500. The highest BCUT2D eigenvalue weighted by molar-refractivity contribution is 5.75. The zero-order valence-electron chi connectivity index (χ0n) is 22.2. The summed E-state index contributed by atoms with van der Waals surface area (Å²) in [5.41, 5.74) is -30.8. The third-order valence-corrected chi connectivity index (χ3v) is 7.75. The molecule has 3 aliphatic rings. The van der Waals surface area contributed by atoms with Crippen LogP contribution in [0.25, 0.3) is 11.1 Å². The standard InChI is InChI=1S/C24H8F20O5/c25-9-3(6-10(26)13(29)8(14(30)11(6)27)19(46,23(39,40)41)24(42,43)44)4-5(7(12(9)28)18(45,21(33,34)35)22(36,37)38)15-2(48-15)1-47-20(31,32)17-16(4)49-17/h2,15-17,45-46H,1H2. The number of epoxide rings is 2. The van der Waals surface area contributed by atoms with E-state index in [0.717, 1.165) is 0 Å². The lowest BCUT2D eigenvalue weighted by Gasteiger charge is -2.35. The minimum Gasteiger partial charge on any atom is -0.369 e. The Morgan fingerprint density at radius 2 is 0.898 bits per heavy atom. The number of halogens is 20. The molecular weight excluding hydrogens is 748 g/mol. The average Bonchev–Trinajstić information content (AvgIpc) is 3.85. The molecule has 0 radical (unpaired) electrons. The molecule has 3 heterocycles. The van der Waals surface area contributed by atoms with Gasteiger partial charge < -0.3 is 24.4 Å². The van der Waals surface area contributed by atoms with Gasteiger partial charge in [-0.3, -0.25) is 0 Å². The Labute approximate surface area is 254 Å². The summed E-state index contributed by atoms with van der Waals surface area (Å²) < 4.78 is 298. The van der Waals surface area contributed by atoms with Crippen molar-refractivity contribution in [3.05, 3.63) is 57.2 Å². The van der Waals surface area contributed by atoms with Gasteiger partial charge in [0.05, 0.1) is 17.7 Å². The first kappa shape index (κ1) is 37.1. The van der Waals surface area contributed by atoms with Gasteiger partial charge in [-0.1, -0.05) is 0 Å². The van der Waals surface area contributed by atoms with Crippen molar-refractivity contribution in [3.8, 4) is 11.1 Å². The van der Waals surface area contributed by atoms with Crippen molar-refractivity contribution in [1.82, 2.24) is 0 Å². The van der Waals surface area contributed by atoms with Gasteiger partial charge in [0.1, 0.15) is 18.3 Å². The molecule has 0 aromatic heterocycles. The average molecular weight is 756 g/mol. The SMILES string of the molecule is OC(c1c(F)c(F)c(-c2c(F)c(F)c(C(O)(C(F)(F)F)C(F)(F)F)c3c2C2OC2C(F)(F)OCC2OC32)c(F)c1F)(C(F)(F)F)C(F)(F)F. The zero-order valence-corrected chi connectivity index (χ0v) is 22.2. The van der Waals surface area contributed by atoms with Crippen LogP contribution in [0.2, 0.25) is 0 Å². The highest BCUT2D eigenvalue weighted by Crippen LogP contribution is 2.63. The molecular formula is C24H8F20O5. The molecule has 3 aliphatic heterocycles. The molecule has 2 N–H and O–H groups in total. The van der Waals surface area contributed by atoms with Crippen molar-refractivity contribution < 1.29 is 112 Å². The Kier molecular flexibility index (Phi) is 7.91. The monoisotopic (exact) mass is 756 g/mol. The van der Waals surface area contributed by atoms with Gasteiger partial charge in [0.2, 0.25) is 0 Å². The van der Waals surface area contributed by atoms with E-state index in [2.05, 4.69) is 14.2 Å². The predicted molar refractivity (Wildman–Crippen MR) is 110 cm³/mol. The number of aliphatic hydroxyl groups is 2. The minimum absolute atomic E-state index is 1.53. The lowest BCUT2D eigenvalue weighted by Crippen LogP contribution is -2.55. The summed E-state index contributed by atoms with van der Waals surface area (Å²) in [6.45, 7) is -1.53. The maximum absolute atomic E-state index is 15.7. The van der Waals surface area contributed by atoms with Crippen LogP contribution in [-0.2, 0) is 25.4 Å². The molecule has 49 heavy (non-hydrogen) atoms. The second-order valence-electron chi connectivity index (χ2n) is 10.6. The normalized spacial score (nSPS) is 24.4. The molecule has 25 heteroatoms. The molecule has 2 aromatic rings. The van der Waals surface area contributed by atoms with Crippen LogP contribution in [-0.4, -0.2) is 59.8 Å². The maximum Gasteiger partial charge on any atom is 0.430 e. The number of ether oxygens (including phenoxy) is 3. The van der Waals surface area contributed by atoms with Gasteiger partial charge in [-0.2, -0.15) is 61.5 Å². The molecule has 5 rings (SSSR count). The minimum atomic E-state index is -7.28. The topological polar surface area (TPSA) is 74.8 Å². The van der Waals surface area contributed by atoms with E-state index in [1.54, 1.807) is 0 Å². The van der Waals surface area contributed by atoms with E-state index in [-0.39, 0.29) is 0 Å². The van der Waals surface area contributed by atoms with Crippen molar-refractivity contribution in [2.24, 2.45) is 0 Å². The van der Waals surface area contributed by atoms with E-state index >= 15 is 26.3 Å². The predicted octanol–water partition coefficient (Wildman–Crippen LogP) is 7.32. The van der Waals surface area contributed by atoms with Crippen molar-refractivity contribution in [3.63, 3.8) is 0 Å². The van der Waals surface area contributed by atoms with Gasteiger partial charge in [0.25, 0.3) is 11.2 Å². The molecule has 4 atom stereocenters. The van der Waals surface area contributed by atoms with Gasteiger partial charge in [0.15, 0.2) is 41.0 Å². The molecule has 5 nitrogen and oxygen atoms in total. The van der Waals surface area contributed by atoms with Gasteiger partial charge >= 0.3 is 30.8 Å². The Balaban J connectivity index is 1.99. The van der Waals surface area contributed by atoms with Gasteiger partial charge in [-0.15, -0.1) is 0 Å². The van der Waals surface area contributed by atoms with Crippen molar-refractivity contribution >= 4 is 0 Å². The fourth-order valence-corrected chi connectivity index (χ4v) is 5.36. The van der Waals surface area contributed by atoms with Crippen LogP contribution < -0.4 is 0 Å². The van der Waals surface area contributed by atoms with Crippen LogP contribution in [0, 0.1) is 34.9 Å². The molecule has 0 spiro atoms. The summed E-state index contributed by atoms with van der Waals surface area (Å²) in [5.74, 6) is -22.2. The molecule has 0 saturated carbocycles. The number of alkyl halides is 14. The summed E-state index contributed by atoms with van der Waals surface area (Å²) in [6, 6.07) is 0. The van der Waals surface area contributed by atoms with E-state index in [9.17, 15) is 71.7 Å². The number of rotatable bonds is 3. The highest BCUT2D eigenvalue weighted by Gasteiger charge is 2.76. The quantitative estimate of drug-likeness (QED) is 0.195. The Bertz CT molecular complexity index is 1670. The second-order valence-corrected chi connectivity index (χ2v) is 10.6. The molecule has 0 amide bonds. The lowest BCUT2D eigenvalue weighted by molar-refractivity contribution is -0.378. The number of hydrogen-bond donors (Lipinski definition) is 2. The molecule has 2 aromatic carbocycles. The zero-order chi connectivity index (χ0) is 37.6. The summed E-state index contributed by atoms with van der Waals surface area (Å²) in [6.07, 6.45) is -44.5. The van der Waals surface area contributed by atoms with Crippen molar-refractivity contribution in [2.75, 3.05) is 6.61 Å². The number of fused-ring (bicyclic) bond motifs is 5. The Morgan fingerprint density at radius 1 is 0.510 bits per heavy atom. The van der Waals surface area contributed by atoms with E-state index in [1.807, 2.05) is 0 Å². The lowest BCUT2D eigenvalue weighted by atomic mass is 9.78. The van der Waals surface area contributed by atoms with Crippen molar-refractivity contribution in [2.45, 2.75) is 66.4 Å². The largest absolute Gasteiger partial charge is 0.430 e. The molecule has 4 unspecified atom stereocenters. The first-order valence-electron chi connectivity index (χ1n) is 12.4. The second kappa shape index (κ2) is 10.4. The number of hydrogen-bond acceptors (Lipinski definition) is 5. The summed E-state index contributed by atoms with van der Waals surface area (Å²) in [5, 5.41) is 19.4. The van der Waals surface area contributed by atoms with E-state index < -0.39 is 141 Å².